The molecule has 0 unspecified atom stereocenters. The van der Waals surface area contributed by atoms with E-state index < -0.39 is 0 Å². The normalized spacial score (nSPS) is 12.3. The number of fused-ring (bicyclic) bond motifs is 8. The van der Waals surface area contributed by atoms with Gasteiger partial charge in [-0.25, -0.2) is 0 Å². The van der Waals surface area contributed by atoms with Crippen molar-refractivity contribution in [2.45, 2.75) is 52.4 Å². The summed E-state index contributed by atoms with van der Waals surface area (Å²) in [7, 11) is 0. The Hall–Kier alpha value is -5.84. The highest BCUT2D eigenvalue weighted by Gasteiger charge is 2.24. The minimum atomic E-state index is -0.0326. The molecule has 0 saturated carbocycles. The zero-order valence-electron chi connectivity index (χ0n) is 28.2. The average molecular weight is 621 g/mol. The largest absolute Gasteiger partial charge is 0.309 e. The van der Waals surface area contributed by atoms with Crippen LogP contribution in [0.15, 0.2) is 109 Å². The predicted molar refractivity (Wildman–Crippen MR) is 199 cm³/mol. The molecule has 0 spiro atoms. The molecule has 0 bridgehead atoms. The van der Waals surface area contributed by atoms with E-state index >= 15 is 0 Å². The van der Waals surface area contributed by atoms with Crippen molar-refractivity contribution in [3.63, 3.8) is 0 Å². The number of rotatable bonds is 2. The zero-order chi connectivity index (χ0) is 33.5. The fourth-order valence-corrected chi connectivity index (χ4v) is 7.37. The predicted octanol–water partition coefficient (Wildman–Crippen LogP) is 11.4. The van der Waals surface area contributed by atoms with Gasteiger partial charge in [-0.15, -0.1) is 0 Å². The molecule has 0 N–H and O–H groups in total. The first-order valence-corrected chi connectivity index (χ1v) is 16.5. The minimum Gasteiger partial charge on any atom is -0.309 e. The summed E-state index contributed by atoms with van der Waals surface area (Å²) in [5.41, 5.74) is 8.76. The van der Waals surface area contributed by atoms with Gasteiger partial charge in [0.05, 0.1) is 38.9 Å². The molecule has 0 aliphatic heterocycles. The Balaban J connectivity index is 1.46. The summed E-state index contributed by atoms with van der Waals surface area (Å²) >= 11 is 0. The van der Waals surface area contributed by atoms with Gasteiger partial charge in [0.25, 0.3) is 0 Å². The zero-order valence-corrected chi connectivity index (χ0v) is 28.2. The van der Waals surface area contributed by atoms with Crippen molar-refractivity contribution in [1.29, 1.82) is 10.5 Å². The van der Waals surface area contributed by atoms with Crippen LogP contribution in [0.4, 0.5) is 0 Å². The third kappa shape index (κ3) is 4.34. The smallest absolute Gasteiger partial charge is 0.101 e. The lowest BCUT2D eigenvalue weighted by atomic mass is 9.85. The Bertz CT molecular complexity index is 2600. The number of para-hydroxylation sites is 1. The Kier molecular flexibility index (Phi) is 6.36. The first kappa shape index (κ1) is 29.6. The highest BCUT2D eigenvalue weighted by atomic mass is 15.0. The van der Waals surface area contributed by atoms with E-state index in [-0.39, 0.29) is 10.8 Å². The topological polar surface area (TPSA) is 57.4 Å². The molecule has 232 valence electrons. The fraction of sp³-hybridized carbons (Fsp3) is 0.182. The van der Waals surface area contributed by atoms with Gasteiger partial charge < -0.3 is 9.13 Å². The molecule has 0 atom stereocenters. The summed E-state index contributed by atoms with van der Waals surface area (Å²) in [6, 6.07) is 43.2. The second-order valence-electron chi connectivity index (χ2n) is 14.9. The van der Waals surface area contributed by atoms with Gasteiger partial charge in [-0.1, -0.05) is 102 Å². The van der Waals surface area contributed by atoms with E-state index in [0.717, 1.165) is 49.3 Å². The van der Waals surface area contributed by atoms with E-state index in [1.165, 1.54) is 21.9 Å². The Morgan fingerprint density at radius 3 is 1.54 bits per heavy atom. The van der Waals surface area contributed by atoms with Crippen LogP contribution in [-0.4, -0.2) is 9.13 Å². The van der Waals surface area contributed by atoms with Crippen molar-refractivity contribution < 1.29 is 0 Å². The summed E-state index contributed by atoms with van der Waals surface area (Å²) in [6.45, 7) is 13.4. The first-order valence-electron chi connectivity index (χ1n) is 16.5. The van der Waals surface area contributed by atoms with Crippen LogP contribution in [0.3, 0.4) is 0 Å². The maximum Gasteiger partial charge on any atom is 0.101 e. The number of hydrogen-bond acceptors (Lipinski definition) is 2. The number of nitrogens with zero attached hydrogens (tertiary/aromatic N) is 4. The molecule has 0 amide bonds. The van der Waals surface area contributed by atoms with Crippen LogP contribution >= 0.6 is 0 Å². The number of hydrogen-bond donors (Lipinski definition) is 0. The van der Waals surface area contributed by atoms with Crippen LogP contribution in [0.5, 0.6) is 0 Å². The molecular weight excluding hydrogens is 585 g/mol. The monoisotopic (exact) mass is 620 g/mol. The Morgan fingerprint density at radius 1 is 0.479 bits per heavy atom. The van der Waals surface area contributed by atoms with Crippen molar-refractivity contribution in [3.8, 4) is 23.5 Å². The fourth-order valence-electron chi connectivity index (χ4n) is 7.37. The van der Waals surface area contributed by atoms with E-state index in [9.17, 15) is 10.5 Å². The third-order valence-electron chi connectivity index (χ3n) is 9.88. The molecule has 0 aliphatic carbocycles. The molecule has 8 rings (SSSR count). The van der Waals surface area contributed by atoms with Gasteiger partial charge >= 0.3 is 0 Å². The lowest BCUT2D eigenvalue weighted by Crippen LogP contribution is -2.10. The second-order valence-corrected chi connectivity index (χ2v) is 14.9. The second kappa shape index (κ2) is 10.3. The van der Waals surface area contributed by atoms with Crippen molar-refractivity contribution in [2.75, 3.05) is 0 Å². The van der Waals surface area contributed by atoms with Crippen molar-refractivity contribution in [3.05, 3.63) is 131 Å². The third-order valence-corrected chi connectivity index (χ3v) is 9.88. The van der Waals surface area contributed by atoms with Crippen molar-refractivity contribution >= 4 is 54.4 Å². The molecule has 8 aromatic rings. The van der Waals surface area contributed by atoms with E-state index in [1.54, 1.807) is 0 Å². The molecule has 0 saturated heterocycles. The highest BCUT2D eigenvalue weighted by Crippen LogP contribution is 2.41. The van der Waals surface area contributed by atoms with E-state index in [2.05, 4.69) is 154 Å². The maximum atomic E-state index is 10.8. The lowest BCUT2D eigenvalue weighted by molar-refractivity contribution is 0.590. The van der Waals surface area contributed by atoms with Crippen LogP contribution < -0.4 is 0 Å². The maximum absolute atomic E-state index is 10.8. The summed E-state index contributed by atoms with van der Waals surface area (Å²) in [5, 5.41) is 28.5. The van der Waals surface area contributed by atoms with Gasteiger partial charge in [0.1, 0.15) is 12.1 Å². The van der Waals surface area contributed by atoms with Crippen molar-refractivity contribution in [2.24, 2.45) is 0 Å². The van der Waals surface area contributed by atoms with Crippen LogP contribution in [0, 0.1) is 22.7 Å². The van der Waals surface area contributed by atoms with E-state index in [4.69, 9.17) is 0 Å². The molecule has 4 heteroatoms. The van der Waals surface area contributed by atoms with Gasteiger partial charge in [-0.05, 0) is 81.3 Å². The van der Waals surface area contributed by atoms with Gasteiger partial charge in [0.15, 0.2) is 0 Å². The summed E-state index contributed by atoms with van der Waals surface area (Å²) in [5.74, 6) is 0. The first-order chi connectivity index (χ1) is 23.0. The van der Waals surface area contributed by atoms with Crippen LogP contribution in [0.2, 0.25) is 0 Å². The molecular formula is C44H36N4. The lowest BCUT2D eigenvalue weighted by Gasteiger charge is -2.19. The van der Waals surface area contributed by atoms with Crippen LogP contribution in [0.1, 0.15) is 63.8 Å². The summed E-state index contributed by atoms with van der Waals surface area (Å²) in [6.07, 6.45) is 0. The molecule has 0 aliphatic rings. The van der Waals surface area contributed by atoms with E-state index in [0.29, 0.717) is 16.8 Å². The molecule has 2 aromatic heterocycles. The Morgan fingerprint density at radius 2 is 0.979 bits per heavy atom. The summed E-state index contributed by atoms with van der Waals surface area (Å²) in [4.78, 5) is 0. The molecule has 0 fully saturated rings. The van der Waals surface area contributed by atoms with Gasteiger partial charge in [-0.3, -0.25) is 0 Å². The molecule has 0 radical (unpaired) electrons. The standard InChI is InChI=1S/C44H36N4/c1-43(2,3)30-16-19-38-35(23-30)36-24-31(44(4,5)6)17-20-39(36)48(38)42-28(25-45)21-32(22-29(42)26-46)47-37-14-10-9-13-34(37)41-33-12-8-7-11-27(33)15-18-40(41)47/h7-24H,1-6H3. The highest BCUT2D eigenvalue weighted by molar-refractivity contribution is 6.21. The van der Waals surface area contributed by atoms with Gasteiger partial charge in [0.2, 0.25) is 0 Å². The van der Waals surface area contributed by atoms with Crippen LogP contribution in [-0.2, 0) is 10.8 Å². The van der Waals surface area contributed by atoms with Gasteiger partial charge in [-0.2, -0.15) is 10.5 Å². The summed E-state index contributed by atoms with van der Waals surface area (Å²) < 4.78 is 4.32. The molecule has 4 nitrogen and oxygen atoms in total. The average Bonchev–Trinajstić information content (AvgIpc) is 3.59. The minimum absolute atomic E-state index is 0.0326. The molecule has 2 heterocycles. The number of aromatic nitrogens is 2. The SMILES string of the molecule is CC(C)(C)c1ccc2c(c1)c1cc(C(C)(C)C)ccc1n2-c1c(C#N)cc(-n2c3ccccc3c3c4ccccc4ccc32)cc1C#N. The van der Waals surface area contributed by atoms with Crippen LogP contribution in [0.25, 0.3) is 65.8 Å². The van der Waals surface area contributed by atoms with E-state index in [1.807, 2.05) is 18.2 Å². The number of nitriles is 2. The molecule has 6 aromatic carbocycles. The number of benzene rings is 6. The Labute approximate surface area is 280 Å². The van der Waals surface area contributed by atoms with Gasteiger partial charge in [0, 0.05) is 27.2 Å². The van der Waals surface area contributed by atoms with Crippen molar-refractivity contribution in [1.82, 2.24) is 9.13 Å². The molecule has 48 heavy (non-hydrogen) atoms. The quantitative estimate of drug-likeness (QED) is 0.193.